The van der Waals surface area contributed by atoms with E-state index in [1.165, 1.54) is 4.90 Å². The van der Waals surface area contributed by atoms with Gasteiger partial charge in [0.25, 0.3) is 0 Å². The molecule has 0 aromatic heterocycles. The minimum atomic E-state index is -0.421. The molecule has 3 N–H and O–H groups in total. The van der Waals surface area contributed by atoms with Crippen molar-refractivity contribution in [2.24, 2.45) is 11.7 Å². The molecule has 0 bridgehead atoms. The Kier molecular flexibility index (Phi) is 2.75. The van der Waals surface area contributed by atoms with Crippen molar-refractivity contribution in [2.45, 2.75) is 19.9 Å². The fourth-order valence-electron chi connectivity index (χ4n) is 1.12. The normalized spacial score (nSPS) is 17.0. The number of carbonyl (C=O) groups is 2. The highest BCUT2D eigenvalue weighted by molar-refractivity contribution is 5.79. The predicted octanol–water partition coefficient (Wildman–Crippen LogP) is -0.478. The molecule has 1 aliphatic rings. The second kappa shape index (κ2) is 3.64. The number of likely N-dealkylation sites (tertiary alicyclic amines) is 1. The van der Waals surface area contributed by atoms with Crippen LogP contribution in [-0.4, -0.2) is 36.0 Å². The summed E-state index contributed by atoms with van der Waals surface area (Å²) in [5.74, 6) is 0.0109. The lowest BCUT2D eigenvalue weighted by Crippen LogP contribution is -2.62. The molecule has 5 heteroatoms. The monoisotopic (exact) mass is 185 g/mol. The number of hydrogen-bond donors (Lipinski definition) is 2. The van der Waals surface area contributed by atoms with E-state index >= 15 is 0 Å². The van der Waals surface area contributed by atoms with Crippen LogP contribution in [-0.2, 0) is 4.79 Å². The van der Waals surface area contributed by atoms with Crippen molar-refractivity contribution in [1.82, 2.24) is 10.2 Å². The molecule has 0 aromatic carbocycles. The number of nitrogens with zero attached hydrogens (tertiary/aromatic N) is 1. The van der Waals surface area contributed by atoms with Gasteiger partial charge in [-0.15, -0.1) is 0 Å². The minimum absolute atomic E-state index is 0.0115. The van der Waals surface area contributed by atoms with Crippen LogP contribution >= 0.6 is 0 Å². The van der Waals surface area contributed by atoms with Crippen molar-refractivity contribution in [1.29, 1.82) is 0 Å². The van der Waals surface area contributed by atoms with Crippen molar-refractivity contribution in [3.63, 3.8) is 0 Å². The molecule has 1 saturated heterocycles. The molecule has 0 atom stereocenters. The van der Waals surface area contributed by atoms with Gasteiger partial charge in [-0.3, -0.25) is 4.79 Å². The van der Waals surface area contributed by atoms with E-state index in [1.54, 1.807) is 0 Å². The zero-order valence-corrected chi connectivity index (χ0v) is 7.91. The van der Waals surface area contributed by atoms with Gasteiger partial charge in [0.2, 0.25) is 5.91 Å². The van der Waals surface area contributed by atoms with Gasteiger partial charge >= 0.3 is 6.03 Å². The summed E-state index contributed by atoms with van der Waals surface area (Å²) >= 11 is 0. The zero-order chi connectivity index (χ0) is 10.0. The maximum Gasteiger partial charge on any atom is 0.314 e. The third kappa shape index (κ3) is 2.34. The number of rotatable bonds is 2. The molecule has 1 fully saturated rings. The van der Waals surface area contributed by atoms with Gasteiger partial charge in [0.1, 0.15) is 0 Å². The molecular formula is C8H15N3O2. The van der Waals surface area contributed by atoms with E-state index in [2.05, 4.69) is 5.32 Å². The number of nitrogens with one attached hydrogen (secondary N) is 1. The lowest BCUT2D eigenvalue weighted by Gasteiger charge is -2.38. The third-order valence-electron chi connectivity index (χ3n) is 2.06. The van der Waals surface area contributed by atoms with Crippen molar-refractivity contribution >= 4 is 11.9 Å². The molecule has 1 heterocycles. The van der Waals surface area contributed by atoms with E-state index in [4.69, 9.17) is 5.73 Å². The highest BCUT2D eigenvalue weighted by Crippen LogP contribution is 2.07. The van der Waals surface area contributed by atoms with Crippen LogP contribution in [0.3, 0.4) is 0 Å². The largest absolute Gasteiger partial charge is 0.351 e. The summed E-state index contributed by atoms with van der Waals surface area (Å²) in [5.41, 5.74) is 5.02. The van der Waals surface area contributed by atoms with Gasteiger partial charge in [-0.05, 0) is 0 Å². The Balaban J connectivity index is 2.22. The number of nitrogens with two attached hydrogens (primary N) is 1. The fourth-order valence-corrected chi connectivity index (χ4v) is 1.12. The van der Waals surface area contributed by atoms with E-state index in [0.717, 1.165) is 0 Å². The zero-order valence-electron chi connectivity index (χ0n) is 7.91. The molecule has 5 nitrogen and oxygen atoms in total. The first-order chi connectivity index (χ1) is 6.00. The number of hydrogen-bond acceptors (Lipinski definition) is 2. The molecule has 0 aliphatic carbocycles. The molecule has 0 saturated carbocycles. The Bertz CT molecular complexity index is 221. The van der Waals surface area contributed by atoms with Crippen LogP contribution in [0, 0.1) is 5.92 Å². The van der Waals surface area contributed by atoms with Crippen molar-refractivity contribution in [2.75, 3.05) is 13.1 Å². The smallest absolute Gasteiger partial charge is 0.314 e. The summed E-state index contributed by atoms with van der Waals surface area (Å²) in [7, 11) is 0. The molecular weight excluding hydrogens is 170 g/mol. The molecule has 0 aromatic rings. The van der Waals surface area contributed by atoms with Crippen LogP contribution in [0.4, 0.5) is 4.79 Å². The van der Waals surface area contributed by atoms with Crippen LogP contribution in [0.5, 0.6) is 0 Å². The van der Waals surface area contributed by atoms with Crippen LogP contribution in [0.25, 0.3) is 0 Å². The molecule has 0 spiro atoms. The summed E-state index contributed by atoms with van der Waals surface area (Å²) in [5, 5.41) is 2.81. The maximum atomic E-state index is 11.2. The molecule has 0 radical (unpaired) electrons. The SMILES string of the molecule is CC(C)C(=O)NC1CN(C(N)=O)C1. The highest BCUT2D eigenvalue weighted by atomic mass is 16.2. The van der Waals surface area contributed by atoms with Gasteiger partial charge < -0.3 is 16.0 Å². The molecule has 1 aliphatic heterocycles. The first-order valence-electron chi connectivity index (χ1n) is 4.35. The van der Waals surface area contributed by atoms with Crippen molar-refractivity contribution in [3.05, 3.63) is 0 Å². The Morgan fingerprint density at radius 3 is 2.38 bits per heavy atom. The number of urea groups is 1. The van der Waals surface area contributed by atoms with Gasteiger partial charge in [-0.1, -0.05) is 13.8 Å². The molecule has 74 valence electrons. The van der Waals surface area contributed by atoms with Gasteiger partial charge in [0, 0.05) is 19.0 Å². The lowest BCUT2D eigenvalue weighted by atomic mass is 10.1. The molecule has 3 amide bonds. The van der Waals surface area contributed by atoms with E-state index in [0.29, 0.717) is 13.1 Å². The predicted molar refractivity (Wildman–Crippen MR) is 47.9 cm³/mol. The van der Waals surface area contributed by atoms with Crippen LogP contribution in [0.15, 0.2) is 0 Å². The Morgan fingerprint density at radius 2 is 2.00 bits per heavy atom. The van der Waals surface area contributed by atoms with E-state index in [1.807, 2.05) is 13.8 Å². The number of amides is 3. The summed E-state index contributed by atoms with van der Waals surface area (Å²) in [6.07, 6.45) is 0. The first-order valence-corrected chi connectivity index (χ1v) is 4.35. The first kappa shape index (κ1) is 9.83. The minimum Gasteiger partial charge on any atom is -0.351 e. The van der Waals surface area contributed by atoms with Gasteiger partial charge in [0.05, 0.1) is 6.04 Å². The Labute approximate surface area is 77.3 Å². The standard InChI is InChI=1S/C8H15N3O2/c1-5(2)7(12)10-6-3-11(4-6)8(9)13/h5-6H,3-4H2,1-2H3,(H2,9,13)(H,10,12). The second-order valence-corrected chi connectivity index (χ2v) is 3.60. The molecule has 13 heavy (non-hydrogen) atoms. The summed E-state index contributed by atoms with van der Waals surface area (Å²) in [6, 6.07) is -0.336. The maximum absolute atomic E-state index is 11.2. The topological polar surface area (TPSA) is 75.4 Å². The van der Waals surface area contributed by atoms with Crippen molar-refractivity contribution in [3.8, 4) is 0 Å². The van der Waals surface area contributed by atoms with Crippen LogP contribution in [0.2, 0.25) is 0 Å². The van der Waals surface area contributed by atoms with Gasteiger partial charge in [0.15, 0.2) is 0 Å². The number of primary amides is 1. The second-order valence-electron chi connectivity index (χ2n) is 3.60. The Morgan fingerprint density at radius 1 is 1.46 bits per heavy atom. The van der Waals surface area contributed by atoms with Gasteiger partial charge in [-0.2, -0.15) is 0 Å². The summed E-state index contributed by atoms with van der Waals surface area (Å²) in [6.45, 7) is 4.74. The average molecular weight is 185 g/mol. The number of carbonyl (C=O) groups excluding carboxylic acids is 2. The van der Waals surface area contributed by atoms with Crippen molar-refractivity contribution < 1.29 is 9.59 Å². The fraction of sp³-hybridized carbons (Fsp3) is 0.750. The highest BCUT2D eigenvalue weighted by Gasteiger charge is 2.30. The quantitative estimate of drug-likeness (QED) is 0.609. The molecule has 0 unspecified atom stereocenters. The van der Waals surface area contributed by atoms with Gasteiger partial charge in [-0.25, -0.2) is 4.79 Å². The Hall–Kier alpha value is -1.26. The molecule has 1 rings (SSSR count). The summed E-state index contributed by atoms with van der Waals surface area (Å²) in [4.78, 5) is 23.3. The van der Waals surface area contributed by atoms with Crippen LogP contribution < -0.4 is 11.1 Å². The third-order valence-corrected chi connectivity index (χ3v) is 2.06. The van der Waals surface area contributed by atoms with E-state index in [9.17, 15) is 9.59 Å². The van der Waals surface area contributed by atoms with E-state index < -0.39 is 6.03 Å². The average Bonchev–Trinajstić information content (AvgIpc) is 1.94. The van der Waals surface area contributed by atoms with Crippen LogP contribution in [0.1, 0.15) is 13.8 Å². The summed E-state index contributed by atoms with van der Waals surface area (Å²) < 4.78 is 0. The van der Waals surface area contributed by atoms with E-state index in [-0.39, 0.29) is 17.9 Å². The lowest BCUT2D eigenvalue weighted by molar-refractivity contribution is -0.125.